The van der Waals surface area contributed by atoms with Crippen LogP contribution in [-0.4, -0.2) is 10.9 Å². The summed E-state index contributed by atoms with van der Waals surface area (Å²) in [6, 6.07) is 3.73. The molecule has 0 saturated heterocycles. The minimum Gasteiger partial charge on any atom is -0.397 e. The van der Waals surface area contributed by atoms with E-state index in [9.17, 15) is 4.79 Å². The Morgan fingerprint density at radius 1 is 1.50 bits per heavy atom. The van der Waals surface area contributed by atoms with Crippen molar-refractivity contribution in [1.82, 2.24) is 4.98 Å². The Bertz CT molecular complexity index is 594. The van der Waals surface area contributed by atoms with Gasteiger partial charge in [-0.25, -0.2) is 0 Å². The van der Waals surface area contributed by atoms with Gasteiger partial charge in [-0.1, -0.05) is 0 Å². The van der Waals surface area contributed by atoms with E-state index < -0.39 is 0 Å². The molecule has 1 aliphatic rings. The van der Waals surface area contributed by atoms with E-state index in [2.05, 4.69) is 15.6 Å². The monoisotopic (exact) mass is 260 g/mol. The normalized spacial score (nSPS) is 13.2. The van der Waals surface area contributed by atoms with Gasteiger partial charge in [-0.15, -0.1) is 11.3 Å². The van der Waals surface area contributed by atoms with Crippen molar-refractivity contribution in [1.29, 1.82) is 0 Å². The Labute approximate surface area is 108 Å². The molecule has 0 aliphatic carbocycles. The van der Waals surface area contributed by atoms with Crippen LogP contribution in [0.15, 0.2) is 23.8 Å². The molecule has 2 aromatic rings. The zero-order chi connectivity index (χ0) is 12.5. The third kappa shape index (κ3) is 2.02. The van der Waals surface area contributed by atoms with Crippen molar-refractivity contribution >= 4 is 34.3 Å². The van der Waals surface area contributed by atoms with Gasteiger partial charge >= 0.3 is 0 Å². The fourth-order valence-electron chi connectivity index (χ4n) is 1.96. The Hall–Kier alpha value is -2.08. The molecule has 0 atom stereocenters. The molecule has 0 spiro atoms. The molecule has 1 aromatic heterocycles. The minimum atomic E-state index is 0.0176. The molecule has 1 aromatic carbocycles. The highest BCUT2D eigenvalue weighted by atomic mass is 32.1. The van der Waals surface area contributed by atoms with Crippen LogP contribution in [0.3, 0.4) is 0 Å². The number of nitrogens with two attached hydrogens (primary N) is 1. The maximum atomic E-state index is 11.3. The summed E-state index contributed by atoms with van der Waals surface area (Å²) in [5.74, 6) is 0.0176. The fourth-order valence-corrected chi connectivity index (χ4v) is 2.49. The van der Waals surface area contributed by atoms with Gasteiger partial charge in [0.1, 0.15) is 0 Å². The van der Waals surface area contributed by atoms with Crippen LogP contribution in [-0.2, 0) is 17.8 Å². The van der Waals surface area contributed by atoms with Gasteiger partial charge in [-0.2, -0.15) is 0 Å². The van der Waals surface area contributed by atoms with Gasteiger partial charge in [0.15, 0.2) is 0 Å². The zero-order valence-electron chi connectivity index (χ0n) is 9.56. The van der Waals surface area contributed by atoms with Crippen LogP contribution in [0, 0.1) is 0 Å². The van der Waals surface area contributed by atoms with E-state index in [1.165, 1.54) is 0 Å². The van der Waals surface area contributed by atoms with Gasteiger partial charge in [0.2, 0.25) is 5.91 Å². The summed E-state index contributed by atoms with van der Waals surface area (Å²) in [5, 5.41) is 6.07. The van der Waals surface area contributed by atoms with Crippen LogP contribution in [0.1, 0.15) is 10.4 Å². The van der Waals surface area contributed by atoms with Gasteiger partial charge in [0.05, 0.1) is 29.9 Å². The summed E-state index contributed by atoms with van der Waals surface area (Å²) in [4.78, 5) is 16.4. The minimum absolute atomic E-state index is 0.0176. The zero-order valence-corrected chi connectivity index (χ0v) is 10.4. The highest BCUT2D eigenvalue weighted by Gasteiger charge is 2.19. The van der Waals surface area contributed by atoms with E-state index in [1.807, 2.05) is 18.3 Å². The summed E-state index contributed by atoms with van der Waals surface area (Å²) in [7, 11) is 0. The van der Waals surface area contributed by atoms with Crippen molar-refractivity contribution in [2.45, 2.75) is 13.0 Å². The van der Waals surface area contributed by atoms with Crippen LogP contribution in [0.2, 0.25) is 0 Å². The predicted molar refractivity (Wildman–Crippen MR) is 72.6 cm³/mol. The summed E-state index contributed by atoms with van der Waals surface area (Å²) in [5.41, 5.74) is 11.1. The van der Waals surface area contributed by atoms with Crippen molar-refractivity contribution in [3.05, 3.63) is 34.3 Å². The summed E-state index contributed by atoms with van der Waals surface area (Å²) >= 11 is 1.59. The number of hydrogen-bond donors (Lipinski definition) is 3. The number of nitrogen functional groups attached to an aromatic ring is 1. The number of carbonyl (C=O) groups is 1. The molecule has 5 nitrogen and oxygen atoms in total. The number of thiazole rings is 1. The van der Waals surface area contributed by atoms with E-state index in [0.29, 0.717) is 18.7 Å². The number of anilines is 3. The topological polar surface area (TPSA) is 80.0 Å². The quantitative estimate of drug-likeness (QED) is 0.736. The molecular weight excluding hydrogens is 248 g/mol. The smallest absolute Gasteiger partial charge is 0.228 e. The van der Waals surface area contributed by atoms with E-state index in [4.69, 9.17) is 5.73 Å². The van der Waals surface area contributed by atoms with Gasteiger partial charge < -0.3 is 16.4 Å². The fraction of sp³-hybridized carbons (Fsp3) is 0.167. The predicted octanol–water partition coefficient (Wildman–Crippen LogP) is 1.83. The number of aromatic nitrogens is 1. The number of nitrogens with one attached hydrogen (secondary N) is 2. The van der Waals surface area contributed by atoms with Gasteiger partial charge in [-0.3, -0.25) is 9.78 Å². The molecule has 2 heterocycles. The SMILES string of the molecule is Nc1cc2c(cc1NCc1cncs1)NC(=O)C2. The number of nitrogens with zero attached hydrogens (tertiary/aromatic N) is 1. The molecule has 3 rings (SSSR count). The first kappa shape index (κ1) is 11.0. The maximum Gasteiger partial charge on any atom is 0.228 e. The molecule has 0 saturated carbocycles. The Balaban J connectivity index is 1.80. The summed E-state index contributed by atoms with van der Waals surface area (Å²) in [6.07, 6.45) is 2.23. The van der Waals surface area contributed by atoms with E-state index in [-0.39, 0.29) is 5.91 Å². The molecule has 1 amide bonds. The molecule has 0 fully saturated rings. The Morgan fingerprint density at radius 2 is 2.39 bits per heavy atom. The summed E-state index contributed by atoms with van der Waals surface area (Å²) in [6.45, 7) is 0.682. The van der Waals surface area contributed by atoms with Crippen LogP contribution in [0.5, 0.6) is 0 Å². The number of rotatable bonds is 3. The third-order valence-electron chi connectivity index (χ3n) is 2.84. The van der Waals surface area contributed by atoms with Gasteiger partial charge in [0, 0.05) is 16.8 Å². The Kier molecular flexibility index (Phi) is 2.64. The largest absolute Gasteiger partial charge is 0.397 e. The maximum absolute atomic E-state index is 11.3. The second kappa shape index (κ2) is 4.30. The van der Waals surface area contributed by atoms with Crippen LogP contribution in [0.25, 0.3) is 0 Å². The number of amides is 1. The number of hydrogen-bond acceptors (Lipinski definition) is 5. The standard InChI is InChI=1S/C12H12N4OS/c13-9-1-7-2-12(17)16-10(7)3-11(9)15-5-8-4-14-6-18-8/h1,3-4,6,15H,2,5,13H2,(H,16,17). The van der Waals surface area contributed by atoms with E-state index in [1.54, 1.807) is 16.8 Å². The first-order valence-corrected chi connectivity index (χ1v) is 6.44. The van der Waals surface area contributed by atoms with Gasteiger partial charge in [0.25, 0.3) is 0 Å². The average molecular weight is 260 g/mol. The lowest BCUT2D eigenvalue weighted by atomic mass is 10.1. The van der Waals surface area contributed by atoms with Crippen molar-refractivity contribution in [2.75, 3.05) is 16.4 Å². The average Bonchev–Trinajstić information content (AvgIpc) is 2.94. The lowest BCUT2D eigenvalue weighted by Crippen LogP contribution is -2.04. The van der Waals surface area contributed by atoms with Crippen molar-refractivity contribution < 1.29 is 4.79 Å². The van der Waals surface area contributed by atoms with Crippen LogP contribution >= 0.6 is 11.3 Å². The molecule has 18 heavy (non-hydrogen) atoms. The molecule has 92 valence electrons. The van der Waals surface area contributed by atoms with Crippen molar-refractivity contribution in [3.63, 3.8) is 0 Å². The molecule has 0 radical (unpaired) electrons. The first-order valence-electron chi connectivity index (χ1n) is 5.56. The van der Waals surface area contributed by atoms with Crippen LogP contribution in [0.4, 0.5) is 17.1 Å². The molecular formula is C12H12N4OS. The lowest BCUT2D eigenvalue weighted by molar-refractivity contribution is -0.115. The van der Waals surface area contributed by atoms with Crippen molar-refractivity contribution in [3.8, 4) is 0 Å². The molecule has 1 aliphatic heterocycles. The molecule has 0 unspecified atom stereocenters. The highest BCUT2D eigenvalue weighted by Crippen LogP contribution is 2.31. The first-order chi connectivity index (χ1) is 8.72. The van der Waals surface area contributed by atoms with Crippen molar-refractivity contribution in [2.24, 2.45) is 0 Å². The number of carbonyl (C=O) groups excluding carboxylic acids is 1. The van der Waals surface area contributed by atoms with Gasteiger partial charge in [-0.05, 0) is 17.7 Å². The molecule has 6 heteroatoms. The number of fused-ring (bicyclic) bond motifs is 1. The Morgan fingerprint density at radius 3 is 3.17 bits per heavy atom. The molecule has 4 N–H and O–H groups in total. The second-order valence-electron chi connectivity index (χ2n) is 4.14. The van der Waals surface area contributed by atoms with E-state index >= 15 is 0 Å². The number of benzene rings is 1. The lowest BCUT2D eigenvalue weighted by Gasteiger charge is -2.10. The highest BCUT2D eigenvalue weighted by molar-refractivity contribution is 7.09. The second-order valence-corrected chi connectivity index (χ2v) is 5.11. The third-order valence-corrected chi connectivity index (χ3v) is 3.62. The summed E-state index contributed by atoms with van der Waals surface area (Å²) < 4.78 is 0. The van der Waals surface area contributed by atoms with Crippen LogP contribution < -0.4 is 16.4 Å². The molecule has 0 bridgehead atoms. The van der Waals surface area contributed by atoms with E-state index in [0.717, 1.165) is 21.8 Å².